The van der Waals surface area contributed by atoms with Crippen LogP contribution < -0.4 is 10.0 Å². The van der Waals surface area contributed by atoms with Crippen LogP contribution in [0.2, 0.25) is 0 Å². The third kappa shape index (κ3) is 4.32. The zero-order valence-electron chi connectivity index (χ0n) is 13.1. The first kappa shape index (κ1) is 19.0. The second kappa shape index (κ2) is 7.45. The fraction of sp³-hybridized carbons (Fsp3) is 0.267. The van der Waals surface area contributed by atoms with Crippen molar-refractivity contribution in [1.82, 2.24) is 9.03 Å². The molecule has 0 unspecified atom stereocenters. The molecule has 6 nitrogen and oxygen atoms in total. The molecule has 1 aliphatic rings. The number of amides is 1. The van der Waals surface area contributed by atoms with E-state index in [0.29, 0.717) is 12.1 Å². The molecule has 0 bridgehead atoms. The van der Waals surface area contributed by atoms with Crippen LogP contribution in [0.1, 0.15) is 17.3 Å². The Kier molecular flexibility index (Phi) is 5.66. The monoisotopic (exact) mass is 507 g/mol. The van der Waals surface area contributed by atoms with E-state index in [9.17, 15) is 13.2 Å². The SMILES string of the molecule is CN1[C@@H](C(=O)Nc2cc(Br)cc(Br)c2)C[C@@H](c2cccs2)NS1(=O)=O. The van der Waals surface area contributed by atoms with Crippen molar-refractivity contribution >= 4 is 65.0 Å². The molecule has 0 spiro atoms. The molecule has 2 atom stereocenters. The Morgan fingerprint density at radius 1 is 1.32 bits per heavy atom. The van der Waals surface area contributed by atoms with Gasteiger partial charge < -0.3 is 5.32 Å². The van der Waals surface area contributed by atoms with E-state index in [1.807, 2.05) is 23.6 Å². The van der Waals surface area contributed by atoms with Crippen LogP contribution in [0.15, 0.2) is 44.7 Å². The molecule has 0 saturated carbocycles. The maximum atomic E-state index is 12.7. The van der Waals surface area contributed by atoms with Gasteiger partial charge in [0.2, 0.25) is 5.91 Å². The molecule has 1 fully saturated rings. The number of anilines is 1. The average molecular weight is 509 g/mol. The molecule has 25 heavy (non-hydrogen) atoms. The van der Waals surface area contributed by atoms with Crippen molar-refractivity contribution in [2.24, 2.45) is 0 Å². The van der Waals surface area contributed by atoms with Gasteiger partial charge in [-0.05, 0) is 36.1 Å². The standard InChI is InChI=1S/C15H15Br2N3O3S2/c1-20-13(15(21)18-11-6-9(16)5-10(17)7-11)8-12(19-25(20,22)23)14-3-2-4-24-14/h2-7,12-13,19H,8H2,1H3,(H,18,21)/t12-,13+/m0/s1. The number of hydrogen-bond acceptors (Lipinski definition) is 4. The molecule has 1 aromatic heterocycles. The van der Waals surface area contributed by atoms with E-state index >= 15 is 0 Å². The Morgan fingerprint density at radius 2 is 2.00 bits per heavy atom. The molecule has 2 N–H and O–H groups in total. The summed E-state index contributed by atoms with van der Waals surface area (Å²) in [5.41, 5.74) is 0.586. The maximum Gasteiger partial charge on any atom is 0.280 e. The maximum absolute atomic E-state index is 12.7. The van der Waals surface area contributed by atoms with Crippen LogP contribution >= 0.6 is 43.2 Å². The minimum Gasteiger partial charge on any atom is -0.325 e. The lowest BCUT2D eigenvalue weighted by Crippen LogP contribution is -2.55. The lowest BCUT2D eigenvalue weighted by Gasteiger charge is -2.35. The summed E-state index contributed by atoms with van der Waals surface area (Å²) in [6.07, 6.45) is 0.358. The average Bonchev–Trinajstić information content (AvgIpc) is 3.02. The summed E-state index contributed by atoms with van der Waals surface area (Å²) < 4.78 is 30.1. The Bertz CT molecular complexity index is 867. The van der Waals surface area contributed by atoms with Crippen LogP contribution in [0.3, 0.4) is 0 Å². The van der Waals surface area contributed by atoms with Gasteiger partial charge in [-0.1, -0.05) is 37.9 Å². The van der Waals surface area contributed by atoms with Crippen molar-refractivity contribution in [3.05, 3.63) is 49.5 Å². The summed E-state index contributed by atoms with van der Waals surface area (Å²) in [6, 6.07) is 7.89. The number of halogens is 2. The van der Waals surface area contributed by atoms with Gasteiger partial charge in [0.05, 0.1) is 6.04 Å². The van der Waals surface area contributed by atoms with Gasteiger partial charge in [0.15, 0.2) is 0 Å². The zero-order valence-corrected chi connectivity index (χ0v) is 17.9. The van der Waals surface area contributed by atoms with E-state index in [1.54, 1.807) is 12.1 Å². The highest BCUT2D eigenvalue weighted by atomic mass is 79.9. The summed E-state index contributed by atoms with van der Waals surface area (Å²) in [6.45, 7) is 0. The van der Waals surface area contributed by atoms with Crippen molar-refractivity contribution in [2.75, 3.05) is 12.4 Å². The second-order valence-corrected chi connectivity index (χ2v) is 10.2. The molecule has 1 amide bonds. The van der Waals surface area contributed by atoms with Gasteiger partial charge in [-0.3, -0.25) is 4.79 Å². The number of thiophene rings is 1. The normalized spacial score (nSPS) is 23.3. The van der Waals surface area contributed by atoms with Gasteiger partial charge in [0, 0.05) is 26.6 Å². The largest absolute Gasteiger partial charge is 0.325 e. The first-order valence-corrected chi connectivity index (χ1v) is 11.2. The van der Waals surface area contributed by atoms with Gasteiger partial charge in [-0.15, -0.1) is 11.3 Å². The number of benzene rings is 1. The van der Waals surface area contributed by atoms with Crippen LogP contribution in [-0.2, 0) is 15.0 Å². The Hall–Kier alpha value is -0.780. The molecule has 10 heteroatoms. The van der Waals surface area contributed by atoms with Crippen molar-refractivity contribution in [3.63, 3.8) is 0 Å². The first-order valence-electron chi connectivity index (χ1n) is 7.32. The molecule has 134 valence electrons. The molecule has 1 aliphatic heterocycles. The van der Waals surface area contributed by atoms with Crippen LogP contribution in [0.25, 0.3) is 0 Å². The predicted molar refractivity (Wildman–Crippen MR) is 106 cm³/mol. The van der Waals surface area contributed by atoms with Crippen molar-refractivity contribution in [2.45, 2.75) is 18.5 Å². The van der Waals surface area contributed by atoms with Crippen molar-refractivity contribution < 1.29 is 13.2 Å². The fourth-order valence-electron chi connectivity index (χ4n) is 2.64. The third-order valence-electron chi connectivity index (χ3n) is 3.89. The zero-order chi connectivity index (χ0) is 18.2. The van der Waals surface area contributed by atoms with Crippen LogP contribution in [0.5, 0.6) is 0 Å². The summed E-state index contributed by atoms with van der Waals surface area (Å²) in [5, 5.41) is 4.68. The number of nitrogens with one attached hydrogen (secondary N) is 2. The van der Waals surface area contributed by atoms with Gasteiger partial charge in [-0.25, -0.2) is 0 Å². The topological polar surface area (TPSA) is 78.5 Å². The number of hydrogen-bond donors (Lipinski definition) is 2. The smallest absolute Gasteiger partial charge is 0.280 e. The molecular formula is C15H15Br2N3O3S2. The number of carbonyl (C=O) groups is 1. The number of nitrogens with zero attached hydrogens (tertiary/aromatic N) is 1. The molecular weight excluding hydrogens is 494 g/mol. The molecule has 0 radical (unpaired) electrons. The van der Waals surface area contributed by atoms with E-state index in [2.05, 4.69) is 41.9 Å². The first-order chi connectivity index (χ1) is 11.8. The molecule has 3 rings (SSSR count). The second-order valence-electron chi connectivity index (χ2n) is 5.61. The lowest BCUT2D eigenvalue weighted by atomic mass is 10.1. The quantitative estimate of drug-likeness (QED) is 0.666. The Morgan fingerprint density at radius 3 is 2.60 bits per heavy atom. The highest BCUT2D eigenvalue weighted by Gasteiger charge is 2.40. The molecule has 1 aromatic carbocycles. The Balaban J connectivity index is 1.84. The number of carbonyl (C=O) groups excluding carboxylic acids is 1. The fourth-order valence-corrected chi connectivity index (χ4v) is 6.06. The molecule has 1 saturated heterocycles. The third-order valence-corrected chi connectivity index (χ3v) is 7.38. The summed E-state index contributed by atoms with van der Waals surface area (Å²) >= 11 is 8.20. The minimum atomic E-state index is -3.73. The van der Waals surface area contributed by atoms with Crippen molar-refractivity contribution in [1.29, 1.82) is 0 Å². The van der Waals surface area contributed by atoms with E-state index in [1.165, 1.54) is 18.4 Å². The van der Waals surface area contributed by atoms with Crippen LogP contribution in [-0.4, -0.2) is 31.7 Å². The van der Waals surface area contributed by atoms with Gasteiger partial charge in [-0.2, -0.15) is 17.4 Å². The molecule has 2 aromatic rings. The molecule has 2 heterocycles. The summed E-state index contributed by atoms with van der Waals surface area (Å²) in [5.74, 6) is -0.362. The summed E-state index contributed by atoms with van der Waals surface area (Å²) in [4.78, 5) is 13.6. The highest BCUT2D eigenvalue weighted by Crippen LogP contribution is 2.31. The number of rotatable bonds is 3. The lowest BCUT2D eigenvalue weighted by molar-refractivity contribution is -0.120. The van der Waals surface area contributed by atoms with E-state index in [0.717, 1.165) is 18.1 Å². The van der Waals surface area contributed by atoms with Gasteiger partial charge >= 0.3 is 0 Å². The minimum absolute atomic E-state index is 0.358. The Labute approximate surface area is 167 Å². The summed E-state index contributed by atoms with van der Waals surface area (Å²) in [7, 11) is -2.32. The van der Waals surface area contributed by atoms with E-state index in [4.69, 9.17) is 0 Å². The van der Waals surface area contributed by atoms with E-state index in [-0.39, 0.29) is 5.91 Å². The molecule has 0 aliphatic carbocycles. The number of likely N-dealkylation sites (N-methyl/N-ethyl adjacent to an activating group) is 1. The van der Waals surface area contributed by atoms with E-state index < -0.39 is 22.3 Å². The highest BCUT2D eigenvalue weighted by molar-refractivity contribution is 9.11. The van der Waals surface area contributed by atoms with Crippen LogP contribution in [0, 0.1) is 0 Å². The van der Waals surface area contributed by atoms with Crippen molar-refractivity contribution in [3.8, 4) is 0 Å². The van der Waals surface area contributed by atoms with Crippen LogP contribution in [0.4, 0.5) is 5.69 Å². The predicted octanol–water partition coefficient (Wildman–Crippen LogP) is 3.49. The van der Waals surface area contributed by atoms with Gasteiger partial charge in [0.25, 0.3) is 10.2 Å². The van der Waals surface area contributed by atoms with Gasteiger partial charge in [0.1, 0.15) is 6.04 Å².